The van der Waals surface area contributed by atoms with Gasteiger partial charge in [-0.1, -0.05) is 0 Å². The Labute approximate surface area is 98.8 Å². The summed E-state index contributed by atoms with van der Waals surface area (Å²) in [6.45, 7) is 2.15. The van der Waals surface area contributed by atoms with Gasteiger partial charge < -0.3 is 0 Å². The van der Waals surface area contributed by atoms with Crippen LogP contribution in [0.5, 0.6) is 0 Å². The van der Waals surface area contributed by atoms with Gasteiger partial charge in [-0.3, -0.25) is 0 Å². The Morgan fingerprint density at radius 3 is 2.86 bits per heavy atom. The molecule has 0 unspecified atom stereocenters. The van der Waals surface area contributed by atoms with Crippen LogP contribution in [0.15, 0.2) is 24.3 Å². The van der Waals surface area contributed by atoms with E-state index in [-0.39, 0.29) is 5.24 Å². The van der Waals surface area contributed by atoms with E-state index in [1.54, 1.807) is 6.07 Å². The molecule has 4 heteroatoms. The number of halogens is 1. The van der Waals surface area contributed by atoms with E-state index in [0.29, 0.717) is 19.4 Å². The summed E-state index contributed by atoms with van der Waals surface area (Å²) in [6, 6.07) is 7.57. The minimum atomic E-state index is -0.348. The number of hydrogen-bond acceptors (Lipinski definition) is 2. The molecule has 0 saturated carbocycles. The third-order valence-corrected chi connectivity index (χ3v) is 6.28. The molecule has 0 saturated heterocycles. The van der Waals surface area contributed by atoms with Crippen molar-refractivity contribution in [2.45, 2.75) is 13.3 Å². The summed E-state index contributed by atoms with van der Waals surface area (Å²) in [5, 5.41) is -0.348. The summed E-state index contributed by atoms with van der Waals surface area (Å²) >= 11 is 5.79. The van der Waals surface area contributed by atoms with Crippen LogP contribution in [-0.2, 0) is 0 Å². The molecule has 0 aliphatic carbocycles. The van der Waals surface area contributed by atoms with Crippen LogP contribution in [0.2, 0.25) is 0 Å². The fourth-order valence-electron chi connectivity index (χ4n) is 0.890. The third kappa shape index (κ3) is 3.66. The summed E-state index contributed by atoms with van der Waals surface area (Å²) in [4.78, 5) is 11.1. The van der Waals surface area contributed by atoms with Crippen molar-refractivity contribution in [3.8, 4) is 0 Å². The molecule has 14 heavy (non-hydrogen) atoms. The minimum absolute atomic E-state index is 0.303. The van der Waals surface area contributed by atoms with Crippen molar-refractivity contribution in [3.63, 3.8) is 0 Å². The van der Waals surface area contributed by atoms with Crippen LogP contribution in [0.25, 0.3) is 0 Å². The standard InChI is InChI=1S/C10H11ClOSSe/c1-2-7-13-14-9-6-4-3-5-8(9)10(11)12/h3-6H,2,7H2,1H3. The first-order valence-corrected chi connectivity index (χ1v) is 8.58. The first-order chi connectivity index (χ1) is 6.75. The molecule has 1 aromatic carbocycles. The zero-order valence-corrected chi connectivity index (χ0v) is 11.1. The van der Waals surface area contributed by atoms with E-state index in [4.69, 9.17) is 11.6 Å². The average molecular weight is 294 g/mol. The summed E-state index contributed by atoms with van der Waals surface area (Å²) in [6.07, 6.45) is 1.17. The molecule has 0 aromatic heterocycles. The van der Waals surface area contributed by atoms with E-state index >= 15 is 0 Å². The Bertz CT molecular complexity index is 317. The number of rotatable bonds is 5. The zero-order chi connectivity index (χ0) is 10.4. The number of carbonyl (C=O) groups excluding carboxylic acids is 1. The molecule has 76 valence electrons. The van der Waals surface area contributed by atoms with Crippen molar-refractivity contribution >= 4 is 45.3 Å². The Balaban J connectivity index is 2.69. The summed E-state index contributed by atoms with van der Waals surface area (Å²) in [5.74, 6) is 1.14. The fourth-order valence-corrected chi connectivity index (χ4v) is 5.49. The fraction of sp³-hybridized carbons (Fsp3) is 0.300. The number of carbonyl (C=O) groups is 1. The van der Waals surface area contributed by atoms with E-state index < -0.39 is 0 Å². The van der Waals surface area contributed by atoms with Crippen LogP contribution in [0.3, 0.4) is 0 Å². The van der Waals surface area contributed by atoms with E-state index in [2.05, 4.69) is 6.92 Å². The van der Waals surface area contributed by atoms with E-state index in [9.17, 15) is 4.79 Å². The molecule has 1 aromatic rings. The monoisotopic (exact) mass is 294 g/mol. The Hall–Kier alpha value is 0.0495. The predicted octanol–water partition coefficient (Wildman–Crippen LogP) is 2.45. The molecule has 0 aliphatic rings. The summed E-state index contributed by atoms with van der Waals surface area (Å²) in [5.41, 5.74) is 0.665. The normalized spacial score (nSPS) is 10.1. The van der Waals surface area contributed by atoms with Crippen molar-refractivity contribution in [3.05, 3.63) is 29.8 Å². The van der Waals surface area contributed by atoms with E-state index in [0.717, 1.165) is 10.2 Å². The molecule has 0 atom stereocenters. The van der Waals surface area contributed by atoms with Gasteiger partial charge >= 0.3 is 99.0 Å². The molecule has 0 radical (unpaired) electrons. The molecule has 0 amide bonds. The molecule has 0 fully saturated rings. The van der Waals surface area contributed by atoms with Crippen molar-refractivity contribution in [1.29, 1.82) is 0 Å². The van der Waals surface area contributed by atoms with Gasteiger partial charge in [0.1, 0.15) is 0 Å². The third-order valence-electron chi connectivity index (χ3n) is 1.53. The van der Waals surface area contributed by atoms with E-state index in [1.807, 2.05) is 28.4 Å². The zero-order valence-electron chi connectivity index (χ0n) is 7.83. The van der Waals surface area contributed by atoms with Crippen molar-refractivity contribution in [2.75, 3.05) is 5.75 Å². The molecule has 0 spiro atoms. The van der Waals surface area contributed by atoms with Crippen LogP contribution in [0, 0.1) is 0 Å². The van der Waals surface area contributed by atoms with Gasteiger partial charge in [0.15, 0.2) is 0 Å². The Morgan fingerprint density at radius 2 is 2.21 bits per heavy atom. The second kappa shape index (κ2) is 6.52. The van der Waals surface area contributed by atoms with Crippen LogP contribution >= 0.6 is 21.8 Å². The maximum atomic E-state index is 11.1. The first kappa shape index (κ1) is 12.1. The Kier molecular flexibility index (Phi) is 5.64. The van der Waals surface area contributed by atoms with Gasteiger partial charge in [0.2, 0.25) is 0 Å². The van der Waals surface area contributed by atoms with Gasteiger partial charge in [-0.25, -0.2) is 0 Å². The molecule has 0 N–H and O–H groups in total. The predicted molar refractivity (Wildman–Crippen MR) is 64.8 cm³/mol. The molecule has 1 nitrogen and oxygen atoms in total. The molecule has 0 bridgehead atoms. The summed E-state index contributed by atoms with van der Waals surface area (Å²) in [7, 11) is 1.89. The van der Waals surface area contributed by atoms with Crippen molar-refractivity contribution < 1.29 is 4.79 Å². The number of benzene rings is 1. The molecule has 0 heterocycles. The molecule has 1 rings (SSSR count). The van der Waals surface area contributed by atoms with Gasteiger partial charge in [-0.2, -0.15) is 0 Å². The Morgan fingerprint density at radius 1 is 1.50 bits per heavy atom. The van der Waals surface area contributed by atoms with Crippen molar-refractivity contribution in [1.82, 2.24) is 0 Å². The maximum absolute atomic E-state index is 11.1. The van der Waals surface area contributed by atoms with Crippen LogP contribution in [0.4, 0.5) is 0 Å². The van der Waals surface area contributed by atoms with Gasteiger partial charge in [0.05, 0.1) is 0 Å². The second-order valence-corrected chi connectivity index (χ2v) is 7.28. The second-order valence-electron chi connectivity index (χ2n) is 2.68. The van der Waals surface area contributed by atoms with Gasteiger partial charge in [-0.05, 0) is 0 Å². The molecule has 0 aliphatic heterocycles. The summed E-state index contributed by atoms with van der Waals surface area (Å²) < 4.78 is 1.10. The van der Waals surface area contributed by atoms with Crippen LogP contribution in [-0.4, -0.2) is 24.8 Å². The topological polar surface area (TPSA) is 17.1 Å². The first-order valence-electron chi connectivity index (χ1n) is 4.34. The number of hydrogen-bond donors (Lipinski definition) is 0. The quantitative estimate of drug-likeness (QED) is 0.471. The average Bonchev–Trinajstić information content (AvgIpc) is 2.19. The van der Waals surface area contributed by atoms with Gasteiger partial charge in [0, 0.05) is 0 Å². The van der Waals surface area contributed by atoms with Crippen LogP contribution < -0.4 is 4.46 Å². The van der Waals surface area contributed by atoms with Crippen molar-refractivity contribution in [2.24, 2.45) is 0 Å². The van der Waals surface area contributed by atoms with Gasteiger partial charge in [0.25, 0.3) is 0 Å². The van der Waals surface area contributed by atoms with Gasteiger partial charge in [-0.15, -0.1) is 0 Å². The van der Waals surface area contributed by atoms with E-state index in [1.165, 1.54) is 6.42 Å². The molecular weight excluding hydrogens is 283 g/mol. The van der Waals surface area contributed by atoms with Crippen LogP contribution in [0.1, 0.15) is 23.7 Å². The SMILES string of the molecule is CCCS[Se]c1ccccc1C(=O)Cl. The molecular formula is C10H11ClOSSe.